The first-order valence-corrected chi connectivity index (χ1v) is 8.56. The van der Waals surface area contributed by atoms with Crippen molar-refractivity contribution >= 4 is 5.91 Å². The maximum absolute atomic E-state index is 12.9. The highest BCUT2D eigenvalue weighted by Crippen LogP contribution is 2.31. The molecule has 2 aliphatic rings. The summed E-state index contributed by atoms with van der Waals surface area (Å²) >= 11 is 0. The van der Waals surface area contributed by atoms with Gasteiger partial charge < -0.3 is 14.6 Å². The van der Waals surface area contributed by atoms with E-state index in [1.807, 2.05) is 11.1 Å². The second-order valence-corrected chi connectivity index (χ2v) is 6.90. The third-order valence-electron chi connectivity index (χ3n) is 5.05. The van der Waals surface area contributed by atoms with Gasteiger partial charge in [0.2, 0.25) is 5.91 Å². The normalized spacial score (nSPS) is 27.3. The monoisotopic (exact) mass is 305 g/mol. The number of ether oxygens (including phenoxy) is 1. The number of H-pyrrole nitrogens is 1. The predicted octanol–water partition coefficient (Wildman–Crippen LogP) is 2.57. The second-order valence-electron chi connectivity index (χ2n) is 6.90. The van der Waals surface area contributed by atoms with Gasteiger partial charge in [0, 0.05) is 38.0 Å². The number of carbonyl (C=O) groups excluding carboxylic acids is 1. The van der Waals surface area contributed by atoms with Gasteiger partial charge in [-0.15, -0.1) is 0 Å². The number of nitrogens with zero attached hydrogens (tertiary/aromatic N) is 2. The van der Waals surface area contributed by atoms with Crippen LogP contribution in [0.25, 0.3) is 0 Å². The van der Waals surface area contributed by atoms with E-state index in [-0.39, 0.29) is 12.0 Å². The van der Waals surface area contributed by atoms with Crippen LogP contribution in [-0.2, 0) is 9.53 Å². The zero-order valence-electron chi connectivity index (χ0n) is 13.6. The lowest BCUT2D eigenvalue weighted by molar-refractivity contribution is -0.148. The van der Waals surface area contributed by atoms with Crippen molar-refractivity contribution in [3.63, 3.8) is 0 Å². The summed E-state index contributed by atoms with van der Waals surface area (Å²) in [4.78, 5) is 22.5. The number of amides is 1. The fourth-order valence-electron chi connectivity index (χ4n) is 3.83. The number of carbonyl (C=O) groups is 1. The van der Waals surface area contributed by atoms with Gasteiger partial charge in [-0.2, -0.15) is 0 Å². The Morgan fingerprint density at radius 3 is 2.77 bits per heavy atom. The lowest BCUT2D eigenvalue weighted by atomic mass is 9.85. The topological polar surface area (TPSA) is 58.2 Å². The van der Waals surface area contributed by atoms with E-state index in [2.05, 4.69) is 23.8 Å². The van der Waals surface area contributed by atoms with Gasteiger partial charge in [-0.1, -0.05) is 13.8 Å². The molecule has 0 spiro atoms. The van der Waals surface area contributed by atoms with Gasteiger partial charge in [-0.3, -0.25) is 4.79 Å². The number of nitrogens with one attached hydrogen (secondary N) is 1. The van der Waals surface area contributed by atoms with Crippen LogP contribution in [0.4, 0.5) is 0 Å². The maximum Gasteiger partial charge on any atom is 0.228 e. The number of aromatic nitrogens is 2. The fourth-order valence-corrected chi connectivity index (χ4v) is 3.83. The van der Waals surface area contributed by atoms with Gasteiger partial charge in [0.15, 0.2) is 0 Å². The molecule has 2 atom stereocenters. The Balaban J connectivity index is 1.59. The first-order chi connectivity index (χ1) is 10.7. The summed E-state index contributed by atoms with van der Waals surface area (Å²) in [6.07, 6.45) is 7.74. The molecule has 2 fully saturated rings. The van der Waals surface area contributed by atoms with Gasteiger partial charge in [0.05, 0.1) is 12.0 Å². The Bertz CT molecular complexity index is 478. The van der Waals surface area contributed by atoms with Crippen molar-refractivity contribution in [3.8, 4) is 0 Å². The van der Waals surface area contributed by atoms with Crippen molar-refractivity contribution in [3.05, 3.63) is 18.2 Å². The molecule has 5 heteroatoms. The number of likely N-dealkylation sites (tertiary alicyclic amines) is 1. The Morgan fingerprint density at radius 1 is 1.36 bits per heavy atom. The zero-order valence-corrected chi connectivity index (χ0v) is 13.6. The lowest BCUT2D eigenvalue weighted by Crippen LogP contribution is -2.48. The molecule has 0 saturated carbocycles. The van der Waals surface area contributed by atoms with E-state index in [0.29, 0.717) is 17.7 Å². The Kier molecular flexibility index (Phi) is 4.81. The van der Waals surface area contributed by atoms with E-state index in [4.69, 9.17) is 4.74 Å². The van der Waals surface area contributed by atoms with E-state index < -0.39 is 0 Å². The molecule has 1 aromatic heterocycles. The van der Waals surface area contributed by atoms with Crippen molar-refractivity contribution in [2.75, 3.05) is 19.7 Å². The SMILES string of the molecule is CC(C)[C@@H]1OCCC[C@H]1C(=O)N1CCC(c2ncc[nH]2)CC1. The van der Waals surface area contributed by atoms with E-state index >= 15 is 0 Å². The number of rotatable bonds is 3. The molecule has 0 unspecified atom stereocenters. The molecular formula is C17H27N3O2. The van der Waals surface area contributed by atoms with Gasteiger partial charge in [0.1, 0.15) is 5.82 Å². The molecule has 5 nitrogen and oxygen atoms in total. The van der Waals surface area contributed by atoms with Gasteiger partial charge in [-0.25, -0.2) is 4.98 Å². The molecule has 0 bridgehead atoms. The highest BCUT2D eigenvalue weighted by Gasteiger charge is 2.37. The maximum atomic E-state index is 12.9. The third-order valence-corrected chi connectivity index (χ3v) is 5.05. The van der Waals surface area contributed by atoms with Crippen molar-refractivity contribution in [2.24, 2.45) is 11.8 Å². The fraction of sp³-hybridized carbons (Fsp3) is 0.765. The number of hydrogen-bond donors (Lipinski definition) is 1. The minimum absolute atomic E-state index is 0.0499. The quantitative estimate of drug-likeness (QED) is 0.933. The van der Waals surface area contributed by atoms with E-state index in [9.17, 15) is 4.79 Å². The van der Waals surface area contributed by atoms with Crippen LogP contribution in [0.2, 0.25) is 0 Å². The van der Waals surface area contributed by atoms with E-state index in [1.165, 1.54) is 0 Å². The highest BCUT2D eigenvalue weighted by molar-refractivity contribution is 5.79. The summed E-state index contributed by atoms with van der Waals surface area (Å²) in [5.74, 6) is 2.27. The summed E-state index contributed by atoms with van der Waals surface area (Å²) < 4.78 is 5.88. The molecule has 3 rings (SSSR count). The third kappa shape index (κ3) is 3.19. The minimum atomic E-state index is 0.0499. The van der Waals surface area contributed by atoms with Crippen molar-refractivity contribution in [1.29, 1.82) is 0 Å². The van der Waals surface area contributed by atoms with Crippen LogP contribution in [0.15, 0.2) is 12.4 Å². The smallest absolute Gasteiger partial charge is 0.228 e. The Labute approximate surface area is 132 Å². The van der Waals surface area contributed by atoms with Crippen LogP contribution in [-0.4, -0.2) is 46.6 Å². The molecule has 3 heterocycles. The van der Waals surface area contributed by atoms with Crippen LogP contribution >= 0.6 is 0 Å². The zero-order chi connectivity index (χ0) is 15.5. The average molecular weight is 305 g/mol. The molecule has 122 valence electrons. The highest BCUT2D eigenvalue weighted by atomic mass is 16.5. The summed E-state index contributed by atoms with van der Waals surface area (Å²) in [7, 11) is 0. The molecule has 1 aromatic rings. The lowest BCUT2D eigenvalue weighted by Gasteiger charge is -2.39. The van der Waals surface area contributed by atoms with Crippen LogP contribution in [0.1, 0.15) is 51.3 Å². The molecule has 2 saturated heterocycles. The van der Waals surface area contributed by atoms with Gasteiger partial charge in [0.25, 0.3) is 0 Å². The van der Waals surface area contributed by atoms with Crippen LogP contribution < -0.4 is 0 Å². The van der Waals surface area contributed by atoms with Crippen molar-refractivity contribution < 1.29 is 9.53 Å². The number of aromatic amines is 1. The number of hydrogen-bond acceptors (Lipinski definition) is 3. The first kappa shape index (κ1) is 15.5. The molecule has 0 aliphatic carbocycles. The molecule has 1 amide bonds. The van der Waals surface area contributed by atoms with Crippen LogP contribution in [0.5, 0.6) is 0 Å². The van der Waals surface area contributed by atoms with Crippen molar-refractivity contribution in [1.82, 2.24) is 14.9 Å². The molecule has 0 radical (unpaired) electrons. The van der Waals surface area contributed by atoms with Gasteiger partial charge in [-0.05, 0) is 31.6 Å². The predicted molar refractivity (Wildman–Crippen MR) is 84.4 cm³/mol. The summed E-state index contributed by atoms with van der Waals surface area (Å²) in [6.45, 7) is 6.78. The number of piperidine rings is 1. The Morgan fingerprint density at radius 2 is 2.14 bits per heavy atom. The van der Waals surface area contributed by atoms with Crippen LogP contribution in [0.3, 0.4) is 0 Å². The molecule has 2 aliphatic heterocycles. The van der Waals surface area contributed by atoms with Crippen molar-refractivity contribution in [2.45, 2.75) is 51.6 Å². The Hall–Kier alpha value is -1.36. The second kappa shape index (κ2) is 6.82. The van der Waals surface area contributed by atoms with E-state index in [0.717, 1.165) is 51.2 Å². The largest absolute Gasteiger partial charge is 0.377 e. The standard InChI is InChI=1S/C17H27N3O2/c1-12(2)15-14(4-3-11-22-15)17(21)20-9-5-13(6-10-20)16-18-7-8-19-16/h7-8,12-15H,3-6,9-11H2,1-2H3,(H,18,19)/t14-,15+/m1/s1. The summed E-state index contributed by atoms with van der Waals surface area (Å²) in [5.41, 5.74) is 0. The number of imidazole rings is 1. The molecular weight excluding hydrogens is 278 g/mol. The summed E-state index contributed by atoms with van der Waals surface area (Å²) in [6, 6.07) is 0. The summed E-state index contributed by atoms with van der Waals surface area (Å²) in [5, 5.41) is 0. The molecule has 1 N–H and O–H groups in total. The average Bonchev–Trinajstić information content (AvgIpc) is 3.09. The molecule has 0 aromatic carbocycles. The molecule has 22 heavy (non-hydrogen) atoms. The van der Waals surface area contributed by atoms with Gasteiger partial charge >= 0.3 is 0 Å². The van der Waals surface area contributed by atoms with Crippen LogP contribution in [0, 0.1) is 11.8 Å². The van der Waals surface area contributed by atoms with E-state index in [1.54, 1.807) is 6.20 Å². The minimum Gasteiger partial charge on any atom is -0.377 e. The first-order valence-electron chi connectivity index (χ1n) is 8.56.